The molecule has 0 saturated heterocycles. The van der Waals surface area contributed by atoms with Crippen molar-refractivity contribution in [2.75, 3.05) is 13.2 Å². The van der Waals surface area contributed by atoms with Crippen LogP contribution in [0.25, 0.3) is 0 Å². The maximum Gasteiger partial charge on any atom is 0.408 e. The van der Waals surface area contributed by atoms with Crippen molar-refractivity contribution in [3.63, 3.8) is 0 Å². The Bertz CT molecular complexity index is 1100. The van der Waals surface area contributed by atoms with Gasteiger partial charge in [-0.05, 0) is 69.5 Å². The molecule has 10 heteroatoms. The molecule has 0 radical (unpaired) electrons. The van der Waals surface area contributed by atoms with Crippen LogP contribution in [0, 0.1) is 0 Å². The Morgan fingerprint density at radius 2 is 1.67 bits per heavy atom. The van der Waals surface area contributed by atoms with E-state index >= 15 is 0 Å². The van der Waals surface area contributed by atoms with Crippen molar-refractivity contribution < 1.29 is 34.4 Å². The van der Waals surface area contributed by atoms with Gasteiger partial charge in [-0.3, -0.25) is 9.59 Å². The van der Waals surface area contributed by atoms with Crippen LogP contribution in [0.1, 0.15) is 64.6 Å². The molecule has 3 atom stereocenters. The van der Waals surface area contributed by atoms with Gasteiger partial charge in [0.2, 0.25) is 11.8 Å². The van der Waals surface area contributed by atoms with Gasteiger partial charge in [-0.15, -0.1) is 0 Å². The number of carbonyl (C=O) groups excluding carboxylic acids is 3. The highest BCUT2D eigenvalue weighted by molar-refractivity contribution is 5.92. The number of hydrogen-bond donors (Lipinski definition) is 5. The summed E-state index contributed by atoms with van der Waals surface area (Å²) < 4.78 is 5.38. The number of carbonyl (C=O) groups is 3. The van der Waals surface area contributed by atoms with Gasteiger partial charge < -0.3 is 35.6 Å². The zero-order valence-corrected chi connectivity index (χ0v) is 23.3. The molecule has 2 aromatic rings. The average molecular weight is 544 g/mol. The number of nitrogens with zero attached hydrogens (tertiary/aromatic N) is 1. The molecule has 0 aliphatic rings. The molecule has 0 heterocycles. The van der Waals surface area contributed by atoms with E-state index in [-0.39, 0.29) is 30.5 Å². The highest BCUT2D eigenvalue weighted by atomic mass is 16.6. The number of aliphatic hydroxyl groups is 1. The van der Waals surface area contributed by atoms with Crippen molar-refractivity contribution in [1.29, 1.82) is 0 Å². The lowest BCUT2D eigenvalue weighted by molar-refractivity contribution is -0.143. The molecule has 3 unspecified atom stereocenters. The number of aromatic hydroxyl groups is 2. The second kappa shape index (κ2) is 14.4. The second-order valence-corrected chi connectivity index (χ2v) is 10.5. The van der Waals surface area contributed by atoms with Crippen molar-refractivity contribution >= 4 is 17.9 Å². The maximum atomic E-state index is 14.1. The summed E-state index contributed by atoms with van der Waals surface area (Å²) in [6.07, 6.45) is 0.766. The van der Waals surface area contributed by atoms with E-state index < -0.39 is 42.2 Å². The van der Waals surface area contributed by atoms with Gasteiger partial charge in [0.05, 0.1) is 6.61 Å². The minimum atomic E-state index is -1.20. The molecule has 0 fully saturated rings. The Labute approximate surface area is 230 Å². The summed E-state index contributed by atoms with van der Waals surface area (Å²) in [5, 5.41) is 35.2. The third kappa shape index (κ3) is 10.1. The number of nitrogens with one attached hydrogen (secondary N) is 2. The molecular formula is C29H41N3O7. The first-order valence-corrected chi connectivity index (χ1v) is 13.1. The minimum Gasteiger partial charge on any atom is -0.508 e. The molecule has 2 rings (SSSR count). The van der Waals surface area contributed by atoms with Crippen LogP contribution in [0.5, 0.6) is 11.5 Å². The van der Waals surface area contributed by atoms with Gasteiger partial charge in [-0.25, -0.2) is 4.79 Å². The van der Waals surface area contributed by atoms with Crippen LogP contribution in [0.2, 0.25) is 0 Å². The number of benzene rings is 2. The topological polar surface area (TPSA) is 148 Å². The lowest BCUT2D eigenvalue weighted by atomic mass is 9.99. The van der Waals surface area contributed by atoms with Crippen LogP contribution >= 0.6 is 0 Å². The summed E-state index contributed by atoms with van der Waals surface area (Å²) in [5.74, 6) is -1.15. The van der Waals surface area contributed by atoms with Gasteiger partial charge in [-0.1, -0.05) is 37.6 Å². The first-order valence-electron chi connectivity index (χ1n) is 13.1. The molecule has 5 N–H and O–H groups in total. The number of rotatable bonds is 12. The number of ether oxygens (including phenoxy) is 1. The lowest BCUT2D eigenvalue weighted by Gasteiger charge is -2.34. The van der Waals surface area contributed by atoms with Gasteiger partial charge in [0.1, 0.15) is 29.2 Å². The maximum absolute atomic E-state index is 14.1. The van der Waals surface area contributed by atoms with Crippen LogP contribution in [0.15, 0.2) is 48.5 Å². The molecule has 0 aliphatic heterocycles. The first kappa shape index (κ1) is 31.4. The van der Waals surface area contributed by atoms with Crippen LogP contribution in [0.3, 0.4) is 0 Å². The van der Waals surface area contributed by atoms with Crippen LogP contribution < -0.4 is 10.6 Å². The number of alkyl carbamates (subject to hydrolysis) is 1. The zero-order chi connectivity index (χ0) is 29.2. The van der Waals surface area contributed by atoms with Gasteiger partial charge in [-0.2, -0.15) is 0 Å². The van der Waals surface area contributed by atoms with Gasteiger partial charge >= 0.3 is 6.09 Å². The molecule has 2 aromatic carbocycles. The number of aliphatic hydroxyl groups excluding tert-OH is 1. The van der Waals surface area contributed by atoms with E-state index in [2.05, 4.69) is 10.6 Å². The Hall–Kier alpha value is -3.79. The van der Waals surface area contributed by atoms with Gasteiger partial charge in [0.15, 0.2) is 0 Å². The quantitative estimate of drug-likeness (QED) is 0.275. The third-order valence-electron chi connectivity index (χ3n) is 5.85. The SMILES string of the molecule is CCCC(C)NC(=O)C(c1cccc(O)c1)N(CCO)C(=O)C(Cc1ccc(O)cc1)NC(=O)OC(C)(C)C. The molecule has 214 valence electrons. The van der Waals surface area contributed by atoms with Crippen molar-refractivity contribution in [1.82, 2.24) is 15.5 Å². The first-order chi connectivity index (χ1) is 18.3. The second-order valence-electron chi connectivity index (χ2n) is 10.5. The molecule has 0 aliphatic carbocycles. The molecule has 0 bridgehead atoms. The summed E-state index contributed by atoms with van der Waals surface area (Å²) in [5.41, 5.74) is 0.167. The van der Waals surface area contributed by atoms with Crippen molar-refractivity contribution in [3.05, 3.63) is 59.7 Å². The number of amides is 3. The molecule has 3 amide bonds. The molecule has 0 spiro atoms. The zero-order valence-electron chi connectivity index (χ0n) is 23.3. The Kier molecular flexibility index (Phi) is 11.6. The van der Waals surface area contributed by atoms with Gasteiger partial charge in [0, 0.05) is 19.0 Å². The average Bonchev–Trinajstić information content (AvgIpc) is 2.83. The van der Waals surface area contributed by atoms with Gasteiger partial charge in [0.25, 0.3) is 0 Å². The summed E-state index contributed by atoms with van der Waals surface area (Å²) in [4.78, 5) is 41.6. The summed E-state index contributed by atoms with van der Waals surface area (Å²) in [6, 6.07) is 9.65. The summed E-state index contributed by atoms with van der Waals surface area (Å²) >= 11 is 0. The minimum absolute atomic E-state index is 0.0287. The Morgan fingerprint density at radius 1 is 1.00 bits per heavy atom. The van der Waals surface area contributed by atoms with E-state index in [0.717, 1.165) is 12.8 Å². The molecule has 0 aromatic heterocycles. The van der Waals surface area contributed by atoms with E-state index in [9.17, 15) is 29.7 Å². The van der Waals surface area contributed by atoms with E-state index in [1.165, 1.54) is 29.2 Å². The lowest BCUT2D eigenvalue weighted by Crippen LogP contribution is -2.55. The smallest absolute Gasteiger partial charge is 0.408 e. The molecule has 39 heavy (non-hydrogen) atoms. The Balaban J connectivity index is 2.52. The predicted molar refractivity (Wildman–Crippen MR) is 147 cm³/mol. The molecule has 0 saturated carbocycles. The van der Waals surface area contributed by atoms with Crippen molar-refractivity contribution in [2.24, 2.45) is 0 Å². The fraction of sp³-hybridized carbons (Fsp3) is 0.483. The fourth-order valence-electron chi connectivity index (χ4n) is 4.19. The number of phenolic OH excluding ortho intramolecular Hbond substituents is 2. The van der Waals surface area contributed by atoms with E-state index in [0.29, 0.717) is 11.1 Å². The van der Waals surface area contributed by atoms with Crippen LogP contribution in [-0.4, -0.2) is 69.0 Å². The standard InChI is InChI=1S/C29H41N3O7/c1-6-8-19(2)30-26(36)25(21-9-7-10-23(35)18-21)32(15-16-33)27(37)24(31-28(38)39-29(3,4)5)17-20-11-13-22(34)14-12-20/h7,9-14,18-19,24-25,33-35H,6,8,15-17H2,1-5H3,(H,30,36)(H,31,38). The summed E-state index contributed by atoms with van der Waals surface area (Å²) in [7, 11) is 0. The monoisotopic (exact) mass is 543 g/mol. The highest BCUT2D eigenvalue weighted by Crippen LogP contribution is 2.26. The van der Waals surface area contributed by atoms with Crippen LogP contribution in [0.4, 0.5) is 4.79 Å². The van der Waals surface area contributed by atoms with Crippen molar-refractivity contribution in [2.45, 2.75) is 77.6 Å². The predicted octanol–water partition coefficient (Wildman–Crippen LogP) is 3.40. The fourth-order valence-corrected chi connectivity index (χ4v) is 4.19. The highest BCUT2D eigenvalue weighted by Gasteiger charge is 2.36. The van der Waals surface area contributed by atoms with E-state index in [1.54, 1.807) is 45.0 Å². The normalized spacial score (nSPS) is 13.6. The van der Waals surface area contributed by atoms with E-state index in [4.69, 9.17) is 4.74 Å². The number of hydrogen-bond acceptors (Lipinski definition) is 7. The molecular weight excluding hydrogens is 502 g/mol. The molecule has 10 nitrogen and oxygen atoms in total. The Morgan fingerprint density at radius 3 is 2.23 bits per heavy atom. The van der Waals surface area contributed by atoms with E-state index in [1.807, 2.05) is 13.8 Å². The third-order valence-corrected chi connectivity index (χ3v) is 5.85. The largest absolute Gasteiger partial charge is 0.508 e. The summed E-state index contributed by atoms with van der Waals surface area (Å²) in [6.45, 7) is 8.28. The van der Waals surface area contributed by atoms with Crippen molar-refractivity contribution in [3.8, 4) is 11.5 Å². The number of phenols is 2. The van der Waals surface area contributed by atoms with Crippen LogP contribution in [-0.2, 0) is 20.7 Å².